The van der Waals surface area contributed by atoms with Crippen molar-refractivity contribution >= 4 is 34.8 Å². The maximum Gasteiger partial charge on any atom is 0.256 e. The topological polar surface area (TPSA) is 62.3 Å². The number of benzene rings is 2. The van der Waals surface area contributed by atoms with Gasteiger partial charge in [0.2, 0.25) is 5.91 Å². The molecule has 5 nitrogen and oxygen atoms in total. The number of anilines is 2. The highest BCUT2D eigenvalue weighted by molar-refractivity contribution is 6.31. The molecule has 1 atom stereocenters. The summed E-state index contributed by atoms with van der Waals surface area (Å²) in [4.78, 5) is 30.1. The number of imide groups is 1. The average Bonchev–Trinajstić information content (AvgIpc) is 2.99. The number of aromatic nitrogens is 1. The minimum Gasteiger partial charge on any atom is -0.373 e. The number of hydrogen-bond acceptors (Lipinski definition) is 4. The molecule has 0 radical (unpaired) electrons. The van der Waals surface area contributed by atoms with Crippen molar-refractivity contribution < 1.29 is 14.0 Å². The van der Waals surface area contributed by atoms with Gasteiger partial charge in [0.05, 0.1) is 17.1 Å². The maximum absolute atomic E-state index is 13.4. The second-order valence-corrected chi connectivity index (χ2v) is 7.20. The summed E-state index contributed by atoms with van der Waals surface area (Å²) in [7, 11) is 0. The van der Waals surface area contributed by atoms with Gasteiger partial charge in [0, 0.05) is 18.1 Å². The van der Waals surface area contributed by atoms with Gasteiger partial charge in [-0.15, -0.1) is 0 Å². The molecule has 1 aliphatic rings. The number of nitrogens with zero attached hydrogens (tertiary/aromatic N) is 2. The van der Waals surface area contributed by atoms with Crippen LogP contribution in [0.15, 0.2) is 67.0 Å². The summed E-state index contributed by atoms with van der Waals surface area (Å²) in [5.74, 6) is -1.35. The molecule has 29 heavy (non-hydrogen) atoms. The fourth-order valence-corrected chi connectivity index (χ4v) is 3.47. The molecule has 0 saturated carbocycles. The zero-order valence-corrected chi connectivity index (χ0v) is 16.1. The van der Waals surface area contributed by atoms with Crippen LogP contribution in [0.25, 0.3) is 0 Å². The van der Waals surface area contributed by atoms with Crippen LogP contribution >= 0.6 is 11.6 Å². The summed E-state index contributed by atoms with van der Waals surface area (Å²) < 4.78 is 13.4. The predicted molar refractivity (Wildman–Crippen MR) is 109 cm³/mol. The van der Waals surface area contributed by atoms with Gasteiger partial charge < -0.3 is 5.32 Å². The SMILES string of the molecule is O=C1C[C@@H](Nc2ccc(Cc3ccncc3)cc2)C(=O)N1c1ccc(F)c(Cl)c1. The van der Waals surface area contributed by atoms with Crippen molar-refractivity contribution in [1.29, 1.82) is 0 Å². The summed E-state index contributed by atoms with van der Waals surface area (Å²) in [6.07, 6.45) is 4.32. The number of carbonyl (C=O) groups is 2. The summed E-state index contributed by atoms with van der Waals surface area (Å²) in [5.41, 5.74) is 3.29. The zero-order valence-electron chi connectivity index (χ0n) is 15.3. The van der Waals surface area contributed by atoms with Crippen LogP contribution in [0, 0.1) is 5.82 Å². The van der Waals surface area contributed by atoms with E-state index < -0.39 is 17.8 Å². The van der Waals surface area contributed by atoms with Crippen LogP contribution in [0.2, 0.25) is 5.02 Å². The smallest absolute Gasteiger partial charge is 0.256 e. The molecule has 7 heteroatoms. The Balaban J connectivity index is 1.45. The lowest BCUT2D eigenvalue weighted by molar-refractivity contribution is -0.121. The lowest BCUT2D eigenvalue weighted by Crippen LogP contribution is -2.34. The van der Waals surface area contributed by atoms with Gasteiger partial charge in [-0.3, -0.25) is 14.6 Å². The van der Waals surface area contributed by atoms with E-state index >= 15 is 0 Å². The number of halogens is 2. The van der Waals surface area contributed by atoms with Crippen molar-refractivity contribution in [2.75, 3.05) is 10.2 Å². The van der Waals surface area contributed by atoms with Crippen molar-refractivity contribution in [3.63, 3.8) is 0 Å². The summed E-state index contributed by atoms with van der Waals surface area (Å²) in [5, 5.41) is 2.97. The van der Waals surface area contributed by atoms with Crippen LogP contribution in [0.1, 0.15) is 17.5 Å². The Labute approximate surface area is 172 Å². The Kier molecular flexibility index (Phi) is 5.27. The third-order valence-corrected chi connectivity index (χ3v) is 5.05. The van der Waals surface area contributed by atoms with Gasteiger partial charge >= 0.3 is 0 Å². The molecule has 1 N–H and O–H groups in total. The van der Waals surface area contributed by atoms with E-state index in [9.17, 15) is 14.0 Å². The minimum absolute atomic E-state index is 0.0204. The van der Waals surface area contributed by atoms with Gasteiger partial charge in [-0.1, -0.05) is 23.7 Å². The van der Waals surface area contributed by atoms with Gasteiger partial charge in [0.15, 0.2) is 0 Å². The molecule has 2 heterocycles. The molecule has 2 aromatic carbocycles. The number of carbonyl (C=O) groups excluding carboxylic acids is 2. The van der Waals surface area contributed by atoms with E-state index in [0.717, 1.165) is 34.2 Å². The van der Waals surface area contributed by atoms with E-state index in [4.69, 9.17) is 11.6 Å². The van der Waals surface area contributed by atoms with Crippen molar-refractivity contribution in [3.05, 3.63) is 89.0 Å². The maximum atomic E-state index is 13.4. The largest absolute Gasteiger partial charge is 0.373 e. The number of pyridine rings is 1. The summed E-state index contributed by atoms with van der Waals surface area (Å²) in [6.45, 7) is 0. The molecular formula is C22H17ClFN3O2. The Morgan fingerprint density at radius 3 is 2.41 bits per heavy atom. The van der Waals surface area contributed by atoms with Gasteiger partial charge in [-0.2, -0.15) is 0 Å². The van der Waals surface area contributed by atoms with Gasteiger partial charge in [0.1, 0.15) is 11.9 Å². The molecule has 0 unspecified atom stereocenters. The molecular weight excluding hydrogens is 393 g/mol. The van der Waals surface area contributed by atoms with Crippen LogP contribution in [0.3, 0.4) is 0 Å². The first-order valence-corrected chi connectivity index (χ1v) is 9.45. The Morgan fingerprint density at radius 2 is 1.72 bits per heavy atom. The number of nitrogens with one attached hydrogen (secondary N) is 1. The Bertz CT molecular complexity index is 1060. The third kappa shape index (κ3) is 4.12. The van der Waals surface area contributed by atoms with Crippen LogP contribution in [0.5, 0.6) is 0 Å². The first-order valence-electron chi connectivity index (χ1n) is 9.07. The predicted octanol–water partition coefficient (Wildman–Crippen LogP) is 4.21. The van der Waals surface area contributed by atoms with E-state index in [2.05, 4.69) is 10.3 Å². The third-order valence-electron chi connectivity index (χ3n) is 4.76. The lowest BCUT2D eigenvalue weighted by Gasteiger charge is -2.16. The molecule has 146 valence electrons. The second-order valence-electron chi connectivity index (χ2n) is 6.80. The average molecular weight is 410 g/mol. The second kappa shape index (κ2) is 8.01. The molecule has 3 aromatic rings. The fraction of sp³-hybridized carbons (Fsp3) is 0.136. The molecule has 1 fully saturated rings. The van der Waals surface area contributed by atoms with Crippen molar-refractivity contribution in [3.8, 4) is 0 Å². The van der Waals surface area contributed by atoms with Crippen molar-refractivity contribution in [1.82, 2.24) is 4.98 Å². The van der Waals surface area contributed by atoms with Gasteiger partial charge in [-0.05, 0) is 60.0 Å². The van der Waals surface area contributed by atoms with Crippen LogP contribution in [-0.4, -0.2) is 22.8 Å². The van der Waals surface area contributed by atoms with Crippen LogP contribution < -0.4 is 10.2 Å². The molecule has 0 aliphatic carbocycles. The molecule has 4 rings (SSSR count). The number of hydrogen-bond donors (Lipinski definition) is 1. The minimum atomic E-state index is -0.683. The van der Waals surface area contributed by atoms with Crippen molar-refractivity contribution in [2.45, 2.75) is 18.9 Å². The van der Waals surface area contributed by atoms with Gasteiger partial charge in [0.25, 0.3) is 5.91 Å². The van der Waals surface area contributed by atoms with E-state index in [0.29, 0.717) is 0 Å². The molecule has 1 aliphatic heterocycles. The summed E-state index contributed by atoms with van der Waals surface area (Å²) >= 11 is 5.78. The summed E-state index contributed by atoms with van der Waals surface area (Å²) in [6, 6.07) is 14.7. The molecule has 0 spiro atoms. The standard InChI is InChI=1S/C22H17ClFN3O2/c23-18-12-17(5-6-19(18)24)27-21(28)13-20(22(27)29)26-16-3-1-14(2-4-16)11-15-7-9-25-10-8-15/h1-10,12,20,26H,11,13H2/t20-/m1/s1. The fourth-order valence-electron chi connectivity index (χ4n) is 3.30. The monoisotopic (exact) mass is 409 g/mol. The molecule has 1 saturated heterocycles. The van der Waals surface area contributed by atoms with E-state index in [-0.39, 0.29) is 23.0 Å². The number of amides is 2. The quantitative estimate of drug-likeness (QED) is 0.641. The number of rotatable bonds is 5. The van der Waals surface area contributed by atoms with Crippen molar-refractivity contribution in [2.24, 2.45) is 0 Å². The normalized spacial score (nSPS) is 16.3. The van der Waals surface area contributed by atoms with E-state index in [1.54, 1.807) is 12.4 Å². The van der Waals surface area contributed by atoms with E-state index in [1.807, 2.05) is 36.4 Å². The lowest BCUT2D eigenvalue weighted by atomic mass is 10.1. The highest BCUT2D eigenvalue weighted by Crippen LogP contribution is 2.28. The Morgan fingerprint density at radius 1 is 1.03 bits per heavy atom. The highest BCUT2D eigenvalue weighted by atomic mass is 35.5. The van der Waals surface area contributed by atoms with Crippen LogP contribution in [0.4, 0.5) is 15.8 Å². The first kappa shape index (κ1) is 19.1. The Hall–Kier alpha value is -3.25. The molecule has 2 amide bonds. The van der Waals surface area contributed by atoms with Crippen LogP contribution in [-0.2, 0) is 16.0 Å². The molecule has 1 aromatic heterocycles. The van der Waals surface area contributed by atoms with Gasteiger partial charge in [-0.25, -0.2) is 9.29 Å². The van der Waals surface area contributed by atoms with E-state index in [1.165, 1.54) is 12.1 Å². The molecule has 0 bridgehead atoms. The highest BCUT2D eigenvalue weighted by Gasteiger charge is 2.39. The first-order chi connectivity index (χ1) is 14.0. The zero-order chi connectivity index (χ0) is 20.4.